The van der Waals surface area contributed by atoms with Crippen molar-refractivity contribution in [3.63, 3.8) is 0 Å². The average molecular weight is 786 g/mol. The van der Waals surface area contributed by atoms with Gasteiger partial charge in [-0.05, 0) is 75.5 Å². The van der Waals surface area contributed by atoms with Crippen LogP contribution in [0.4, 0.5) is 45.2 Å². The number of amides is 2. The van der Waals surface area contributed by atoms with Crippen LogP contribution in [0.3, 0.4) is 0 Å². The van der Waals surface area contributed by atoms with E-state index in [1.165, 1.54) is 69.4 Å². The first-order valence-corrected chi connectivity index (χ1v) is 12.5. The zero-order chi connectivity index (χ0) is 29.7. The lowest BCUT2D eigenvalue weighted by Gasteiger charge is -2.31. The fourth-order valence-corrected chi connectivity index (χ4v) is 6.23. The predicted molar refractivity (Wildman–Crippen MR) is 140 cm³/mol. The topological polar surface area (TPSA) is 63.4 Å². The standard InChI is InChI=1S/C24H13F9I2N2O2/c1-37(19-15(34)8-10(9-16(19)35)22(27,23(28,29)30)24(31,32)33)21(39)13-6-7-14(25)17(18(13)26)11-4-2-3-5-12(11)20(36)38/h2-9H,1H3,(H2,36,38). The highest BCUT2D eigenvalue weighted by atomic mass is 127. The largest absolute Gasteiger partial charge is 0.435 e. The maximum atomic E-state index is 15.5. The van der Waals surface area contributed by atoms with Gasteiger partial charge in [-0.3, -0.25) is 9.59 Å². The normalized spacial score (nSPS) is 12.4. The second-order valence-electron chi connectivity index (χ2n) is 8.00. The van der Waals surface area contributed by atoms with E-state index in [-0.39, 0.29) is 28.9 Å². The average Bonchev–Trinajstić information content (AvgIpc) is 2.81. The number of hydrogen-bond donors (Lipinski definition) is 1. The summed E-state index contributed by atoms with van der Waals surface area (Å²) in [7, 11) is 1.04. The molecule has 0 aliphatic heterocycles. The quantitative estimate of drug-likeness (QED) is 0.215. The van der Waals surface area contributed by atoms with Gasteiger partial charge in [-0.1, -0.05) is 18.2 Å². The fraction of sp³-hybridized carbons (Fsp3) is 0.167. The third kappa shape index (κ3) is 5.43. The van der Waals surface area contributed by atoms with Crippen molar-refractivity contribution in [2.24, 2.45) is 5.73 Å². The Bertz CT molecular complexity index is 1440. The molecule has 0 fully saturated rings. The molecular formula is C24H13F9I2N2O2. The molecule has 0 unspecified atom stereocenters. The number of anilines is 1. The molecule has 208 valence electrons. The smallest absolute Gasteiger partial charge is 0.366 e. The van der Waals surface area contributed by atoms with E-state index in [2.05, 4.69) is 0 Å². The van der Waals surface area contributed by atoms with Gasteiger partial charge in [0.25, 0.3) is 5.91 Å². The van der Waals surface area contributed by atoms with E-state index in [1.54, 1.807) is 0 Å². The fourth-order valence-electron chi connectivity index (χ4n) is 3.74. The van der Waals surface area contributed by atoms with Crippen LogP contribution in [-0.4, -0.2) is 31.2 Å². The van der Waals surface area contributed by atoms with Gasteiger partial charge in [-0.15, -0.1) is 0 Å². The Balaban J connectivity index is 2.14. The molecule has 0 radical (unpaired) electrons. The first-order valence-electron chi connectivity index (χ1n) is 10.3. The van der Waals surface area contributed by atoms with Crippen LogP contribution in [-0.2, 0) is 5.67 Å². The predicted octanol–water partition coefficient (Wildman–Crippen LogP) is 7.51. The number of nitrogens with two attached hydrogens (primary N) is 1. The minimum absolute atomic E-state index is 0.253. The highest BCUT2D eigenvalue weighted by Gasteiger charge is 2.73. The van der Waals surface area contributed by atoms with Crippen molar-refractivity contribution in [3.05, 3.63) is 84.0 Å². The van der Waals surface area contributed by atoms with Crippen LogP contribution < -0.4 is 10.6 Å². The Labute approximate surface area is 241 Å². The molecular weight excluding hydrogens is 773 g/mol. The molecule has 0 heterocycles. The van der Waals surface area contributed by atoms with Crippen LogP contribution in [0.25, 0.3) is 11.1 Å². The maximum absolute atomic E-state index is 15.5. The van der Waals surface area contributed by atoms with E-state index in [9.17, 15) is 44.7 Å². The van der Waals surface area contributed by atoms with Crippen LogP contribution in [0.2, 0.25) is 0 Å². The molecule has 0 saturated carbocycles. The van der Waals surface area contributed by atoms with Crippen LogP contribution in [0.5, 0.6) is 0 Å². The van der Waals surface area contributed by atoms with Crippen molar-refractivity contribution in [1.29, 1.82) is 0 Å². The highest BCUT2D eigenvalue weighted by Crippen LogP contribution is 2.54. The van der Waals surface area contributed by atoms with Gasteiger partial charge in [0.1, 0.15) is 11.6 Å². The number of carbonyl (C=O) groups is 2. The number of alkyl halides is 7. The molecule has 0 bridgehead atoms. The van der Waals surface area contributed by atoms with E-state index in [0.717, 1.165) is 19.2 Å². The second-order valence-corrected chi connectivity index (χ2v) is 10.3. The molecule has 3 aromatic rings. The molecule has 0 atom stereocenters. The second kappa shape index (κ2) is 10.8. The molecule has 15 heteroatoms. The number of rotatable bonds is 5. The van der Waals surface area contributed by atoms with Gasteiger partial charge in [0.15, 0.2) is 0 Å². The van der Waals surface area contributed by atoms with Gasteiger partial charge in [-0.25, -0.2) is 13.2 Å². The molecule has 3 aromatic carbocycles. The summed E-state index contributed by atoms with van der Waals surface area (Å²) < 4.78 is 123. The zero-order valence-electron chi connectivity index (χ0n) is 19.1. The van der Waals surface area contributed by atoms with Crippen molar-refractivity contribution < 1.29 is 49.1 Å². The molecule has 0 aliphatic rings. The van der Waals surface area contributed by atoms with E-state index < -0.39 is 65.3 Å². The Hall–Kier alpha value is -2.57. The van der Waals surface area contributed by atoms with Gasteiger partial charge >= 0.3 is 18.0 Å². The van der Waals surface area contributed by atoms with Gasteiger partial charge in [0.05, 0.1) is 16.8 Å². The van der Waals surface area contributed by atoms with E-state index in [1.807, 2.05) is 0 Å². The molecule has 2 N–H and O–H groups in total. The lowest BCUT2D eigenvalue weighted by atomic mass is 9.93. The summed E-state index contributed by atoms with van der Waals surface area (Å²) in [6.45, 7) is 0. The lowest BCUT2D eigenvalue weighted by molar-refractivity contribution is -0.348. The van der Waals surface area contributed by atoms with E-state index in [0.29, 0.717) is 4.90 Å². The first kappa shape index (κ1) is 31.0. The summed E-state index contributed by atoms with van der Waals surface area (Å²) in [6, 6.07) is 7.20. The molecule has 0 aromatic heterocycles. The van der Waals surface area contributed by atoms with Crippen LogP contribution in [0.1, 0.15) is 26.3 Å². The maximum Gasteiger partial charge on any atom is 0.435 e. The van der Waals surface area contributed by atoms with Gasteiger partial charge in [-0.2, -0.15) is 26.3 Å². The number of hydrogen-bond acceptors (Lipinski definition) is 2. The zero-order valence-corrected chi connectivity index (χ0v) is 23.4. The highest BCUT2D eigenvalue weighted by molar-refractivity contribution is 14.1. The number of nitrogens with zero attached hydrogens (tertiary/aromatic N) is 1. The number of halogens is 11. The Morgan fingerprint density at radius 2 is 1.33 bits per heavy atom. The molecule has 0 saturated heterocycles. The van der Waals surface area contributed by atoms with Crippen molar-refractivity contribution in [1.82, 2.24) is 0 Å². The minimum atomic E-state index is -6.35. The van der Waals surface area contributed by atoms with Crippen LogP contribution >= 0.6 is 45.2 Å². The molecule has 0 aliphatic carbocycles. The van der Waals surface area contributed by atoms with Crippen molar-refractivity contribution >= 4 is 62.7 Å². The molecule has 3 rings (SSSR count). The summed E-state index contributed by atoms with van der Waals surface area (Å²) in [4.78, 5) is 25.7. The van der Waals surface area contributed by atoms with Crippen molar-refractivity contribution in [2.75, 3.05) is 11.9 Å². The van der Waals surface area contributed by atoms with Gasteiger partial charge < -0.3 is 10.6 Å². The third-order valence-corrected chi connectivity index (χ3v) is 7.26. The lowest BCUT2D eigenvalue weighted by Crippen LogP contribution is -2.50. The third-order valence-electron chi connectivity index (χ3n) is 5.62. The summed E-state index contributed by atoms with van der Waals surface area (Å²) >= 11 is 2.62. The molecule has 39 heavy (non-hydrogen) atoms. The Morgan fingerprint density at radius 3 is 1.82 bits per heavy atom. The monoisotopic (exact) mass is 786 g/mol. The molecule has 4 nitrogen and oxygen atoms in total. The summed E-state index contributed by atoms with van der Waals surface area (Å²) in [5.41, 5.74) is -4.47. The van der Waals surface area contributed by atoms with Crippen molar-refractivity contribution in [2.45, 2.75) is 18.0 Å². The van der Waals surface area contributed by atoms with Crippen LogP contribution in [0.15, 0.2) is 48.5 Å². The van der Waals surface area contributed by atoms with Crippen molar-refractivity contribution in [3.8, 4) is 11.1 Å². The Kier molecular flexibility index (Phi) is 8.56. The molecule has 0 spiro atoms. The minimum Gasteiger partial charge on any atom is -0.366 e. The Morgan fingerprint density at radius 1 is 0.821 bits per heavy atom. The van der Waals surface area contributed by atoms with E-state index >= 15 is 4.39 Å². The van der Waals surface area contributed by atoms with Gasteiger partial charge in [0, 0.05) is 30.9 Å². The SMILES string of the molecule is CN(C(=O)c1ccc(F)c(-c2ccccc2C(N)=O)c1F)c1c(I)cc(C(F)(C(F)(F)F)C(F)(F)F)cc1I. The molecule has 2 amide bonds. The summed E-state index contributed by atoms with van der Waals surface area (Å²) in [5, 5.41) is 0. The van der Waals surface area contributed by atoms with Gasteiger partial charge in [0.2, 0.25) is 5.91 Å². The number of carbonyl (C=O) groups excluding carboxylic acids is 2. The summed E-state index contributed by atoms with van der Waals surface area (Å²) in [5.74, 6) is -4.73. The number of primary amides is 1. The summed E-state index contributed by atoms with van der Waals surface area (Å²) in [6.07, 6.45) is -12.7. The number of benzene rings is 3. The first-order chi connectivity index (χ1) is 17.8. The van der Waals surface area contributed by atoms with E-state index in [4.69, 9.17) is 5.73 Å². The van der Waals surface area contributed by atoms with Crippen LogP contribution in [0, 0.1) is 18.8 Å².